The van der Waals surface area contributed by atoms with Gasteiger partial charge in [-0.05, 0) is 36.2 Å². The van der Waals surface area contributed by atoms with Crippen molar-refractivity contribution in [1.82, 2.24) is 10.3 Å². The van der Waals surface area contributed by atoms with Gasteiger partial charge in [0.25, 0.3) is 5.91 Å². The highest BCUT2D eigenvalue weighted by molar-refractivity contribution is 6.29. The van der Waals surface area contributed by atoms with Gasteiger partial charge in [0.2, 0.25) is 0 Å². The Morgan fingerprint density at radius 1 is 1.21 bits per heavy atom. The van der Waals surface area contributed by atoms with Gasteiger partial charge in [-0.3, -0.25) is 4.79 Å². The standard InChI is InChI=1S/C18H17ClF2N2O5/c1-26-14-8-11(2-4-13(14)28-18(20)21)6-7-22-16(24)10-27-17(25)12-3-5-15(19)23-9-12/h2-5,8-9,18H,6-7,10H2,1H3,(H,22,24). The van der Waals surface area contributed by atoms with Crippen LogP contribution in [0.1, 0.15) is 15.9 Å². The van der Waals surface area contributed by atoms with Crippen LogP contribution in [0.2, 0.25) is 5.15 Å². The molecule has 0 fully saturated rings. The summed E-state index contributed by atoms with van der Waals surface area (Å²) in [6.07, 6.45) is 1.66. The van der Waals surface area contributed by atoms with Gasteiger partial charge in [0.05, 0.1) is 12.7 Å². The van der Waals surface area contributed by atoms with E-state index in [4.69, 9.17) is 21.1 Å². The Balaban J connectivity index is 1.77. The molecular weight excluding hydrogens is 398 g/mol. The number of hydrogen-bond acceptors (Lipinski definition) is 6. The van der Waals surface area contributed by atoms with Gasteiger partial charge >= 0.3 is 12.6 Å². The molecule has 1 N–H and O–H groups in total. The molecular formula is C18H17ClF2N2O5. The van der Waals surface area contributed by atoms with E-state index >= 15 is 0 Å². The van der Waals surface area contributed by atoms with Crippen molar-refractivity contribution in [3.05, 3.63) is 52.8 Å². The minimum absolute atomic E-state index is 0.0751. The van der Waals surface area contributed by atoms with Gasteiger partial charge in [-0.1, -0.05) is 17.7 Å². The number of ether oxygens (including phenoxy) is 3. The molecule has 0 aliphatic rings. The van der Waals surface area contributed by atoms with Gasteiger partial charge in [0.15, 0.2) is 18.1 Å². The van der Waals surface area contributed by atoms with Crippen LogP contribution in [0.5, 0.6) is 11.5 Å². The number of nitrogens with one attached hydrogen (secondary N) is 1. The molecule has 150 valence electrons. The summed E-state index contributed by atoms with van der Waals surface area (Å²) in [6.45, 7) is -3.16. The molecule has 0 saturated heterocycles. The van der Waals surface area contributed by atoms with Crippen LogP contribution in [0.25, 0.3) is 0 Å². The van der Waals surface area contributed by atoms with Crippen LogP contribution >= 0.6 is 11.6 Å². The number of benzene rings is 1. The van der Waals surface area contributed by atoms with E-state index in [-0.39, 0.29) is 28.8 Å². The monoisotopic (exact) mass is 414 g/mol. The van der Waals surface area contributed by atoms with Crippen molar-refractivity contribution in [2.75, 3.05) is 20.3 Å². The van der Waals surface area contributed by atoms with Crippen LogP contribution in [-0.2, 0) is 16.0 Å². The SMILES string of the molecule is COc1cc(CCNC(=O)COC(=O)c2ccc(Cl)nc2)ccc1OC(F)F. The second-order valence-electron chi connectivity index (χ2n) is 5.41. The minimum atomic E-state index is -2.95. The van der Waals surface area contributed by atoms with Gasteiger partial charge in [-0.2, -0.15) is 8.78 Å². The zero-order valence-electron chi connectivity index (χ0n) is 14.8. The average Bonchev–Trinajstić information content (AvgIpc) is 2.67. The van der Waals surface area contributed by atoms with Crippen molar-refractivity contribution in [2.24, 2.45) is 0 Å². The van der Waals surface area contributed by atoms with Crippen molar-refractivity contribution in [1.29, 1.82) is 0 Å². The Morgan fingerprint density at radius 3 is 2.64 bits per heavy atom. The maximum Gasteiger partial charge on any atom is 0.387 e. The van der Waals surface area contributed by atoms with Crippen LogP contribution in [0.3, 0.4) is 0 Å². The second kappa shape index (κ2) is 10.4. The van der Waals surface area contributed by atoms with Crippen molar-refractivity contribution in [2.45, 2.75) is 13.0 Å². The number of methoxy groups -OCH3 is 1. The molecule has 1 amide bonds. The molecule has 2 aromatic rings. The summed E-state index contributed by atoms with van der Waals surface area (Å²) in [5, 5.41) is 2.82. The molecule has 10 heteroatoms. The third-order valence-corrected chi connectivity index (χ3v) is 3.70. The highest BCUT2D eigenvalue weighted by Gasteiger charge is 2.12. The third kappa shape index (κ3) is 6.66. The molecule has 0 aliphatic heterocycles. The summed E-state index contributed by atoms with van der Waals surface area (Å²) < 4.78 is 38.9. The molecule has 1 aromatic carbocycles. The molecule has 1 heterocycles. The molecule has 0 radical (unpaired) electrons. The Hall–Kier alpha value is -2.94. The normalized spacial score (nSPS) is 10.5. The molecule has 0 spiro atoms. The van der Waals surface area contributed by atoms with E-state index in [1.807, 2.05) is 0 Å². The Bertz CT molecular complexity index is 818. The molecule has 0 bridgehead atoms. The van der Waals surface area contributed by atoms with E-state index in [0.29, 0.717) is 6.42 Å². The smallest absolute Gasteiger partial charge is 0.387 e. The lowest BCUT2D eigenvalue weighted by molar-refractivity contribution is -0.124. The number of carbonyl (C=O) groups excluding carboxylic acids is 2. The van der Waals surface area contributed by atoms with Crippen LogP contribution in [0, 0.1) is 0 Å². The minimum Gasteiger partial charge on any atom is -0.493 e. The number of rotatable bonds is 9. The number of alkyl halides is 2. The first kappa shape index (κ1) is 21.4. The summed E-state index contributed by atoms with van der Waals surface area (Å²) in [6, 6.07) is 7.36. The zero-order chi connectivity index (χ0) is 20.5. The van der Waals surface area contributed by atoms with Crippen LogP contribution in [0.4, 0.5) is 8.78 Å². The summed E-state index contributed by atoms with van der Waals surface area (Å²) in [5.41, 5.74) is 0.915. The topological polar surface area (TPSA) is 86.8 Å². The summed E-state index contributed by atoms with van der Waals surface area (Å²) >= 11 is 5.63. The van der Waals surface area contributed by atoms with Crippen molar-refractivity contribution in [3.63, 3.8) is 0 Å². The summed E-state index contributed by atoms with van der Waals surface area (Å²) in [7, 11) is 1.34. The summed E-state index contributed by atoms with van der Waals surface area (Å²) in [5.74, 6) is -1.10. The fourth-order valence-electron chi connectivity index (χ4n) is 2.17. The largest absolute Gasteiger partial charge is 0.493 e. The lowest BCUT2D eigenvalue weighted by Gasteiger charge is -2.12. The van der Waals surface area contributed by atoms with E-state index in [1.165, 1.54) is 37.6 Å². The first-order valence-electron chi connectivity index (χ1n) is 8.06. The van der Waals surface area contributed by atoms with Crippen molar-refractivity contribution in [3.8, 4) is 11.5 Å². The maximum atomic E-state index is 12.3. The Morgan fingerprint density at radius 2 is 2.00 bits per heavy atom. The first-order valence-corrected chi connectivity index (χ1v) is 8.44. The molecule has 28 heavy (non-hydrogen) atoms. The van der Waals surface area contributed by atoms with Gasteiger partial charge in [-0.25, -0.2) is 9.78 Å². The molecule has 0 aliphatic carbocycles. The predicted octanol–water partition coefficient (Wildman–Crippen LogP) is 2.86. The number of esters is 1. The maximum absolute atomic E-state index is 12.3. The Kier molecular flexibility index (Phi) is 7.94. The molecule has 7 nitrogen and oxygen atoms in total. The fraction of sp³-hybridized carbons (Fsp3) is 0.278. The van der Waals surface area contributed by atoms with E-state index in [2.05, 4.69) is 15.0 Å². The van der Waals surface area contributed by atoms with Gasteiger partial charge < -0.3 is 19.5 Å². The predicted molar refractivity (Wildman–Crippen MR) is 95.9 cm³/mol. The fourth-order valence-corrected chi connectivity index (χ4v) is 2.28. The number of pyridine rings is 1. The van der Waals surface area contributed by atoms with Gasteiger partial charge in [-0.15, -0.1) is 0 Å². The molecule has 0 saturated carbocycles. The zero-order valence-corrected chi connectivity index (χ0v) is 15.5. The number of amides is 1. The van der Waals surface area contributed by atoms with E-state index < -0.39 is 25.1 Å². The molecule has 1 aromatic heterocycles. The summed E-state index contributed by atoms with van der Waals surface area (Å²) in [4.78, 5) is 27.3. The van der Waals surface area contributed by atoms with Crippen LogP contribution in [0.15, 0.2) is 36.5 Å². The van der Waals surface area contributed by atoms with Crippen molar-refractivity contribution >= 4 is 23.5 Å². The molecule has 0 atom stereocenters. The number of nitrogens with zero attached hydrogens (tertiary/aromatic N) is 1. The highest BCUT2D eigenvalue weighted by Crippen LogP contribution is 2.29. The van der Waals surface area contributed by atoms with E-state index in [1.54, 1.807) is 6.07 Å². The number of aromatic nitrogens is 1. The van der Waals surface area contributed by atoms with Crippen molar-refractivity contribution < 1.29 is 32.6 Å². The number of carbonyl (C=O) groups is 2. The highest BCUT2D eigenvalue weighted by atomic mass is 35.5. The third-order valence-electron chi connectivity index (χ3n) is 3.48. The van der Waals surface area contributed by atoms with Crippen LogP contribution in [-0.4, -0.2) is 43.7 Å². The lowest BCUT2D eigenvalue weighted by Crippen LogP contribution is -2.30. The van der Waals surface area contributed by atoms with E-state index in [0.717, 1.165) is 5.56 Å². The van der Waals surface area contributed by atoms with Gasteiger partial charge in [0.1, 0.15) is 5.15 Å². The first-order chi connectivity index (χ1) is 13.4. The molecule has 2 rings (SSSR count). The second-order valence-corrected chi connectivity index (χ2v) is 5.80. The Labute approximate surface area is 164 Å². The van der Waals surface area contributed by atoms with E-state index in [9.17, 15) is 18.4 Å². The number of hydrogen-bond donors (Lipinski definition) is 1. The lowest BCUT2D eigenvalue weighted by atomic mass is 10.1. The number of halogens is 3. The van der Waals surface area contributed by atoms with Gasteiger partial charge in [0, 0.05) is 12.7 Å². The quantitative estimate of drug-likeness (QED) is 0.501. The molecule has 0 unspecified atom stereocenters. The van der Waals surface area contributed by atoms with Crippen LogP contribution < -0.4 is 14.8 Å². The average molecular weight is 415 g/mol.